The van der Waals surface area contributed by atoms with Gasteiger partial charge in [0.25, 0.3) is 5.91 Å². The predicted molar refractivity (Wildman–Crippen MR) is 295 cm³/mol. The second kappa shape index (κ2) is 23.4. The summed E-state index contributed by atoms with van der Waals surface area (Å²) < 4.78 is 47.2. The first kappa shape index (κ1) is 55.4. The van der Waals surface area contributed by atoms with Gasteiger partial charge < -0.3 is 39.9 Å². The molecule has 3 N–H and O–H groups in total. The van der Waals surface area contributed by atoms with E-state index in [0.29, 0.717) is 108 Å². The highest BCUT2D eigenvalue weighted by Crippen LogP contribution is 2.40. The van der Waals surface area contributed by atoms with Crippen molar-refractivity contribution in [1.82, 2.24) is 44.7 Å². The number of hydrogen-bond donors (Lipinski definition) is 3. The molecular weight excluding hydrogens is 1050 g/mol. The van der Waals surface area contributed by atoms with Gasteiger partial charge in [0.2, 0.25) is 17.6 Å². The van der Waals surface area contributed by atoms with Gasteiger partial charge in [-0.3, -0.25) is 23.9 Å². The summed E-state index contributed by atoms with van der Waals surface area (Å²) >= 11 is 6.80. The van der Waals surface area contributed by atoms with Crippen molar-refractivity contribution >= 4 is 51.6 Å². The number of halogens is 4. The summed E-state index contributed by atoms with van der Waals surface area (Å²) in [6, 6.07) is 23.9. The number of rotatable bonds is 15. The van der Waals surface area contributed by atoms with E-state index in [-0.39, 0.29) is 70.9 Å². The van der Waals surface area contributed by atoms with Gasteiger partial charge in [0, 0.05) is 86.0 Å². The molecule has 80 heavy (non-hydrogen) atoms. The van der Waals surface area contributed by atoms with Crippen LogP contribution in [0.3, 0.4) is 0 Å². The Morgan fingerprint density at radius 1 is 0.925 bits per heavy atom. The highest BCUT2D eigenvalue weighted by molar-refractivity contribution is 6.36. The summed E-state index contributed by atoms with van der Waals surface area (Å²) in [6.07, 6.45) is -0.473. The Morgan fingerprint density at radius 3 is 2.41 bits per heavy atom. The average molecular weight is 1120 g/mol. The number of piperazine rings is 1. The number of carbonyl (C=O) groups is 3. The van der Waals surface area contributed by atoms with E-state index in [0.717, 1.165) is 51.6 Å². The topological polar surface area (TPSA) is 209 Å². The van der Waals surface area contributed by atoms with Crippen molar-refractivity contribution < 1.29 is 42.5 Å². The molecule has 3 saturated heterocycles. The zero-order chi connectivity index (χ0) is 56.4. The number of ether oxygens (including phenoxy) is 1. The number of aromatic hydroxyl groups is 2. The van der Waals surface area contributed by atoms with Crippen molar-refractivity contribution in [3.05, 3.63) is 119 Å². The molecule has 6 aromatic rings. The number of aromatic nitrogens is 5. The number of hydrogen-bond acceptors (Lipinski definition) is 14. The van der Waals surface area contributed by atoms with Crippen molar-refractivity contribution in [3.63, 3.8) is 0 Å². The third-order valence-corrected chi connectivity index (χ3v) is 16.0. The maximum Gasteiger partial charge on any atom is 0.405 e. The molecule has 3 fully saturated rings. The highest BCUT2D eigenvalue weighted by Gasteiger charge is 2.37. The number of nitrogens with zero attached hydrogens (tertiary/aromatic N) is 11. The van der Waals surface area contributed by atoms with Crippen LogP contribution in [0.1, 0.15) is 78.5 Å². The summed E-state index contributed by atoms with van der Waals surface area (Å²) in [6.45, 7) is 11.7. The lowest BCUT2D eigenvalue weighted by atomic mass is 9.95. The van der Waals surface area contributed by atoms with Crippen molar-refractivity contribution in [2.24, 2.45) is 11.8 Å². The minimum Gasteiger partial charge on any atom is -0.508 e. The molecule has 4 aromatic carbocycles. The van der Waals surface area contributed by atoms with Gasteiger partial charge in [-0.15, -0.1) is 10.2 Å². The number of phenolic OH excluding ortho intramolecular Hbond substituents is 2. The molecule has 10 rings (SSSR count). The lowest BCUT2D eigenvalue weighted by molar-refractivity contribution is -0.136. The van der Waals surface area contributed by atoms with E-state index in [2.05, 4.69) is 43.6 Å². The molecule has 3 amide bonds. The zero-order valence-electron chi connectivity index (χ0n) is 44.5. The Balaban J connectivity index is 0.782. The van der Waals surface area contributed by atoms with Crippen LogP contribution in [0, 0.1) is 23.2 Å². The summed E-state index contributed by atoms with van der Waals surface area (Å²) in [5.41, 5.74) is 4.72. The molecular formula is C58H62ClF3N12O6. The van der Waals surface area contributed by atoms with Crippen molar-refractivity contribution in [1.29, 1.82) is 5.26 Å². The van der Waals surface area contributed by atoms with Crippen LogP contribution in [0.15, 0.2) is 85.5 Å². The summed E-state index contributed by atoms with van der Waals surface area (Å²) in [4.78, 5) is 60.4. The minimum absolute atomic E-state index is 0.00912. The average Bonchev–Trinajstić information content (AvgIpc) is 4.21. The van der Waals surface area contributed by atoms with Gasteiger partial charge >= 0.3 is 12.2 Å². The summed E-state index contributed by atoms with van der Waals surface area (Å²) in [5, 5.41) is 43.8. The highest BCUT2D eigenvalue weighted by atomic mass is 35.5. The number of alkyl halides is 3. The van der Waals surface area contributed by atoms with E-state index in [1.807, 2.05) is 66.5 Å². The number of carbonyl (C=O) groups excluding carboxylic acids is 3. The summed E-state index contributed by atoms with van der Waals surface area (Å²) in [5.74, 6) is -1.66. The van der Waals surface area contributed by atoms with Crippen LogP contribution in [0.2, 0.25) is 5.02 Å². The second-order valence-electron chi connectivity index (χ2n) is 21.3. The van der Waals surface area contributed by atoms with E-state index in [1.165, 1.54) is 16.7 Å². The molecule has 18 nitrogen and oxygen atoms in total. The van der Waals surface area contributed by atoms with E-state index in [4.69, 9.17) is 26.3 Å². The van der Waals surface area contributed by atoms with Gasteiger partial charge in [-0.2, -0.15) is 28.4 Å². The van der Waals surface area contributed by atoms with Crippen LogP contribution in [0.5, 0.6) is 17.5 Å². The standard InChI is InChI=1S/C58H62ClF3N12O6/c1-4-50(77)73-26-25-71(31-41(73)15-20-63)52-42-19-24-70(47-10-6-8-38-7-5-9-45(59)51(38)47)32-46(42)65-57(66-52)80-33-37-16-23-72(30-37)56(79)39-17-21-69(22-18-39)29-36-11-13-40(14-12-36)74-53(44-27-43(35(2)3)48(75)28-49(44)76)67-68-54(74)55(78)64-34-58(60,61)62/h4-14,27-28,35,37,39,41,75-76H,1,15-19,21-26,29-34H2,2-3H3,(H,64,78)/t37-,41+/m1/s1. The Hall–Kier alpha value is -7.96. The van der Waals surface area contributed by atoms with Crippen molar-refractivity contribution in [3.8, 4) is 40.7 Å². The van der Waals surface area contributed by atoms with E-state index < -0.39 is 24.5 Å². The molecule has 6 heterocycles. The van der Waals surface area contributed by atoms with Crippen LogP contribution in [-0.4, -0.2) is 145 Å². The molecule has 0 aliphatic carbocycles. The monoisotopic (exact) mass is 1110 g/mol. The fourth-order valence-corrected chi connectivity index (χ4v) is 11.8. The first-order valence-electron chi connectivity index (χ1n) is 26.9. The maximum atomic E-state index is 14.1. The Labute approximate surface area is 466 Å². The first-order chi connectivity index (χ1) is 38.5. The fraction of sp³-hybridized carbons (Fsp3) is 0.414. The SMILES string of the molecule is C=CC(=O)N1CCN(c2nc(OC[C@@H]3CCN(C(=O)C4CCN(Cc5ccc(-n6c(C(=O)NCC(F)(F)F)nnc6-c6cc(C(C)C)c(O)cc6O)cc5)CC4)C3)nc3c2CCN(c2cccc4cccc(Cl)c24)C3)C[C@@H]1CC#N. The molecule has 0 spiro atoms. The van der Waals surface area contributed by atoms with Crippen LogP contribution >= 0.6 is 11.6 Å². The second-order valence-corrected chi connectivity index (χ2v) is 21.7. The quantitative estimate of drug-likeness (QED) is 0.0829. The molecule has 2 aromatic heterocycles. The zero-order valence-corrected chi connectivity index (χ0v) is 45.3. The van der Waals surface area contributed by atoms with Crippen LogP contribution in [-0.2, 0) is 29.1 Å². The number of likely N-dealkylation sites (tertiary alicyclic amines) is 2. The van der Waals surface area contributed by atoms with E-state index in [9.17, 15) is 43.0 Å². The Morgan fingerprint density at radius 2 is 1.69 bits per heavy atom. The number of nitrogens with one attached hydrogen (secondary N) is 1. The van der Waals surface area contributed by atoms with E-state index in [1.54, 1.807) is 17.0 Å². The minimum atomic E-state index is -4.67. The number of piperidine rings is 1. The van der Waals surface area contributed by atoms with Crippen LogP contribution in [0.4, 0.5) is 24.7 Å². The van der Waals surface area contributed by atoms with Gasteiger partial charge in [0.05, 0.1) is 48.0 Å². The third kappa shape index (κ3) is 11.8. The van der Waals surface area contributed by atoms with Crippen LogP contribution in [0.25, 0.3) is 27.8 Å². The molecule has 22 heteroatoms. The lowest BCUT2D eigenvalue weighted by Gasteiger charge is -2.42. The predicted octanol–water partition coefficient (Wildman–Crippen LogP) is 8.18. The largest absolute Gasteiger partial charge is 0.508 e. The Kier molecular flexibility index (Phi) is 16.2. The molecule has 4 aliphatic heterocycles. The van der Waals surface area contributed by atoms with Crippen molar-refractivity contribution in [2.75, 3.05) is 75.3 Å². The van der Waals surface area contributed by atoms with Gasteiger partial charge in [0.1, 0.15) is 23.9 Å². The summed E-state index contributed by atoms with van der Waals surface area (Å²) in [7, 11) is 0. The third-order valence-electron chi connectivity index (χ3n) is 15.7. The molecule has 0 saturated carbocycles. The molecule has 0 unspecified atom stereocenters. The molecule has 418 valence electrons. The smallest absolute Gasteiger partial charge is 0.405 e. The molecule has 2 atom stereocenters. The number of nitriles is 1. The van der Waals surface area contributed by atoms with Crippen LogP contribution < -0.4 is 19.9 Å². The first-order valence-corrected chi connectivity index (χ1v) is 27.3. The Bertz CT molecular complexity index is 3360. The maximum absolute atomic E-state index is 14.1. The molecule has 0 radical (unpaired) electrons. The number of benzene rings is 4. The number of amides is 3. The van der Waals surface area contributed by atoms with Gasteiger partial charge in [0.15, 0.2) is 5.82 Å². The number of fused-ring (bicyclic) bond motifs is 2. The van der Waals surface area contributed by atoms with Crippen molar-refractivity contribution in [2.45, 2.75) is 77.2 Å². The molecule has 4 aliphatic rings. The van der Waals surface area contributed by atoms with Gasteiger partial charge in [-0.25, -0.2) is 0 Å². The van der Waals surface area contributed by atoms with Gasteiger partial charge in [-0.05, 0) is 97.6 Å². The fourth-order valence-electron chi connectivity index (χ4n) is 11.5. The van der Waals surface area contributed by atoms with E-state index >= 15 is 0 Å². The number of anilines is 2. The number of phenols is 2. The lowest BCUT2D eigenvalue weighted by Crippen LogP contribution is -2.55. The molecule has 0 bridgehead atoms. The van der Waals surface area contributed by atoms with Gasteiger partial charge in [-0.1, -0.05) is 68.4 Å². The normalized spacial score (nSPS) is 18.1.